The van der Waals surface area contributed by atoms with Gasteiger partial charge < -0.3 is 40.2 Å². The van der Waals surface area contributed by atoms with Gasteiger partial charge in [-0.05, 0) is 111 Å². The van der Waals surface area contributed by atoms with Gasteiger partial charge in [-0.3, -0.25) is 19.2 Å². The number of fused-ring (bicyclic) bond motifs is 1. The number of urea groups is 1. The summed E-state index contributed by atoms with van der Waals surface area (Å²) in [6.45, 7) is 17.3. The number of anilines is 1. The molecule has 0 saturated carbocycles. The molecule has 3 atom stereocenters. The minimum absolute atomic E-state index is 0.0453. The van der Waals surface area contributed by atoms with E-state index >= 15 is 0 Å². The summed E-state index contributed by atoms with van der Waals surface area (Å²) in [4.78, 5) is 90.3. The fourth-order valence-corrected chi connectivity index (χ4v) is 5.83. The second-order valence-corrected chi connectivity index (χ2v) is 17.1. The van der Waals surface area contributed by atoms with Gasteiger partial charge in [0.1, 0.15) is 40.6 Å². The van der Waals surface area contributed by atoms with Crippen LogP contribution in [0, 0.1) is 0 Å². The van der Waals surface area contributed by atoms with E-state index in [0.29, 0.717) is 12.8 Å². The Kier molecular flexibility index (Phi) is 16.4. The first kappa shape index (κ1) is 46.9. The molecule has 15 nitrogen and oxygen atoms in total. The molecule has 0 spiro atoms. The molecule has 0 bridgehead atoms. The summed E-state index contributed by atoms with van der Waals surface area (Å²) >= 11 is 0. The second-order valence-electron chi connectivity index (χ2n) is 17.1. The van der Waals surface area contributed by atoms with Crippen molar-refractivity contribution in [1.29, 1.82) is 0 Å². The molecule has 0 aliphatic carbocycles. The fraction of sp³-hybridized carbons (Fsp3) is 0.558. The van der Waals surface area contributed by atoms with Crippen molar-refractivity contribution in [2.24, 2.45) is 0 Å². The van der Waals surface area contributed by atoms with Gasteiger partial charge in [-0.1, -0.05) is 42.5 Å². The number of ether oxygens (including phenoxy) is 4. The third kappa shape index (κ3) is 15.5. The predicted octanol–water partition coefficient (Wildman–Crippen LogP) is 4.99. The number of nitrogens with one attached hydrogen (secondary N) is 4. The molecule has 0 radical (unpaired) electrons. The van der Waals surface area contributed by atoms with E-state index in [9.17, 15) is 33.6 Å². The van der Waals surface area contributed by atoms with Crippen LogP contribution in [0.2, 0.25) is 0 Å². The van der Waals surface area contributed by atoms with E-state index in [4.69, 9.17) is 18.9 Å². The molecule has 15 heteroatoms. The first-order valence-corrected chi connectivity index (χ1v) is 19.7. The predicted molar refractivity (Wildman–Crippen MR) is 220 cm³/mol. The highest BCUT2D eigenvalue weighted by molar-refractivity contribution is 5.88. The fourth-order valence-electron chi connectivity index (χ4n) is 5.83. The standard InChI is InChI=1S/C43H60N4O11/c1-11-55-36-33(34(49)35(36)50)45-31(25-26-19-20-27-16-12-13-17-28(27)24-26)37(51)44-23-15-14-18-29(38(52)57-42(5,6)7)46-40(54)47-30(39(53)58-43(8,9)10)21-22-32(48)56-41(2,3)4/h12-13,16-17,19-20,24,29-31,45H,11,14-15,18,21-23,25H2,1-10H3,(H,44,51)(H2,46,47,54)/t29-,30-,31-/m0/s1. The molecule has 58 heavy (non-hydrogen) atoms. The number of unbranched alkanes of at least 4 members (excludes halogenated alkanes) is 1. The van der Waals surface area contributed by atoms with E-state index in [1.165, 1.54) is 0 Å². The molecule has 3 amide bonds. The lowest BCUT2D eigenvalue weighted by Crippen LogP contribution is -2.53. The Morgan fingerprint density at radius 2 is 1.24 bits per heavy atom. The largest absolute Gasteiger partial charge is 0.488 e. The maximum Gasteiger partial charge on any atom is 0.329 e. The molecule has 3 aromatic rings. The van der Waals surface area contributed by atoms with Gasteiger partial charge in [0.25, 0.3) is 10.9 Å². The lowest BCUT2D eigenvalue weighted by molar-refractivity contribution is -0.159. The summed E-state index contributed by atoms with van der Waals surface area (Å²) in [6.07, 6.45) is 0.766. The Morgan fingerprint density at radius 3 is 1.81 bits per heavy atom. The zero-order chi connectivity index (χ0) is 43.4. The number of rotatable bonds is 19. The van der Waals surface area contributed by atoms with Crippen LogP contribution >= 0.6 is 0 Å². The minimum atomic E-state index is -1.23. The van der Waals surface area contributed by atoms with Crippen LogP contribution in [-0.4, -0.2) is 77.9 Å². The summed E-state index contributed by atoms with van der Waals surface area (Å²) in [5, 5.41) is 13.0. The van der Waals surface area contributed by atoms with E-state index in [1.807, 2.05) is 42.5 Å². The van der Waals surface area contributed by atoms with Gasteiger partial charge in [0.05, 0.1) is 6.61 Å². The first-order valence-electron chi connectivity index (χ1n) is 19.7. The molecule has 0 heterocycles. The van der Waals surface area contributed by atoms with Crippen molar-refractivity contribution < 1.29 is 42.9 Å². The van der Waals surface area contributed by atoms with Gasteiger partial charge in [0.2, 0.25) is 5.91 Å². The van der Waals surface area contributed by atoms with Crippen molar-refractivity contribution in [3.63, 3.8) is 0 Å². The summed E-state index contributed by atoms with van der Waals surface area (Å²) < 4.78 is 21.8. The van der Waals surface area contributed by atoms with Crippen LogP contribution in [0.4, 0.5) is 10.5 Å². The molecule has 0 saturated heterocycles. The molecule has 0 aliphatic heterocycles. The Balaban J connectivity index is 1.69. The summed E-state index contributed by atoms with van der Waals surface area (Å²) in [5.74, 6) is -2.55. The maximum absolute atomic E-state index is 13.6. The number of esters is 3. The van der Waals surface area contributed by atoms with Gasteiger partial charge >= 0.3 is 23.9 Å². The van der Waals surface area contributed by atoms with Gasteiger partial charge in [-0.15, -0.1) is 0 Å². The first-order chi connectivity index (χ1) is 27.0. The Hall–Kier alpha value is -5.47. The number of carbonyl (C=O) groups excluding carboxylic acids is 5. The topological polar surface area (TPSA) is 205 Å². The number of amides is 3. The summed E-state index contributed by atoms with van der Waals surface area (Å²) in [7, 11) is 0. The monoisotopic (exact) mass is 808 g/mol. The number of hydrogen-bond acceptors (Lipinski definition) is 12. The van der Waals surface area contributed by atoms with Crippen molar-refractivity contribution in [3.05, 3.63) is 68.5 Å². The average molecular weight is 809 g/mol. The minimum Gasteiger partial charge on any atom is -0.488 e. The van der Waals surface area contributed by atoms with E-state index in [1.54, 1.807) is 69.2 Å². The maximum atomic E-state index is 13.6. The molecule has 0 aromatic heterocycles. The third-order valence-corrected chi connectivity index (χ3v) is 8.31. The van der Waals surface area contributed by atoms with Crippen molar-refractivity contribution in [2.75, 3.05) is 18.5 Å². The molecule has 3 aromatic carbocycles. The Labute approximate surface area is 340 Å². The van der Waals surface area contributed by atoms with Crippen LogP contribution in [0.15, 0.2) is 52.1 Å². The molecular weight excluding hydrogens is 748 g/mol. The highest BCUT2D eigenvalue weighted by Crippen LogP contribution is 2.22. The lowest BCUT2D eigenvalue weighted by Gasteiger charge is -2.27. The van der Waals surface area contributed by atoms with E-state index in [-0.39, 0.29) is 50.3 Å². The molecule has 0 fully saturated rings. The highest BCUT2D eigenvalue weighted by atomic mass is 16.6. The van der Waals surface area contributed by atoms with Gasteiger partial charge in [0.15, 0.2) is 5.75 Å². The van der Waals surface area contributed by atoms with Gasteiger partial charge in [-0.25, -0.2) is 14.4 Å². The quantitative estimate of drug-likeness (QED) is 0.0548. The average Bonchev–Trinajstić information content (AvgIpc) is 3.11. The highest BCUT2D eigenvalue weighted by Gasteiger charge is 2.32. The smallest absolute Gasteiger partial charge is 0.329 e. The van der Waals surface area contributed by atoms with Gasteiger partial charge in [0, 0.05) is 19.4 Å². The number of benzene rings is 2. The molecule has 318 valence electrons. The second kappa shape index (κ2) is 20.3. The van der Waals surface area contributed by atoms with Crippen molar-refractivity contribution in [3.8, 4) is 5.75 Å². The SMILES string of the molecule is CCOc1c(N[C@@H](Cc2ccc3ccccc3c2)C(=O)NCCCC[C@H](NC(=O)N[C@@H](CCC(=O)OC(C)(C)C)C(=O)OC(C)(C)C)C(=O)OC(C)(C)C)c(=O)c1=O. The van der Waals surface area contributed by atoms with Crippen LogP contribution < -0.4 is 36.9 Å². The van der Waals surface area contributed by atoms with E-state index in [2.05, 4.69) is 21.3 Å². The normalized spacial score (nSPS) is 13.5. The zero-order valence-electron chi connectivity index (χ0n) is 35.4. The number of hydrogen-bond donors (Lipinski definition) is 4. The van der Waals surface area contributed by atoms with Gasteiger partial charge in [-0.2, -0.15) is 0 Å². The van der Waals surface area contributed by atoms with Crippen LogP contribution in [0.25, 0.3) is 10.8 Å². The molecule has 4 N–H and O–H groups in total. The molecule has 3 rings (SSSR count). The Bertz CT molecular complexity index is 1980. The Morgan fingerprint density at radius 1 is 0.672 bits per heavy atom. The number of carbonyl (C=O) groups is 5. The zero-order valence-corrected chi connectivity index (χ0v) is 35.4. The lowest BCUT2D eigenvalue weighted by atomic mass is 10.0. The van der Waals surface area contributed by atoms with Crippen LogP contribution in [-0.2, 0) is 39.8 Å². The van der Waals surface area contributed by atoms with Crippen molar-refractivity contribution >= 4 is 46.3 Å². The molecule has 0 aliphatic rings. The molecular formula is C43H60N4O11. The van der Waals surface area contributed by atoms with Crippen molar-refractivity contribution in [1.82, 2.24) is 16.0 Å². The van der Waals surface area contributed by atoms with Crippen molar-refractivity contribution in [2.45, 2.75) is 143 Å². The third-order valence-electron chi connectivity index (χ3n) is 8.31. The van der Waals surface area contributed by atoms with E-state index in [0.717, 1.165) is 16.3 Å². The van der Waals surface area contributed by atoms with E-state index < -0.39 is 75.6 Å². The van der Waals surface area contributed by atoms with Crippen LogP contribution in [0.3, 0.4) is 0 Å². The summed E-state index contributed by atoms with van der Waals surface area (Å²) in [6, 6.07) is 9.43. The van der Waals surface area contributed by atoms with Crippen LogP contribution in [0.5, 0.6) is 5.75 Å². The molecule has 0 unspecified atom stereocenters. The van der Waals surface area contributed by atoms with Crippen LogP contribution in [0.1, 0.15) is 107 Å². The summed E-state index contributed by atoms with van der Waals surface area (Å²) in [5.41, 5.74) is -3.22.